The van der Waals surface area contributed by atoms with Gasteiger partial charge >= 0.3 is 0 Å². The summed E-state index contributed by atoms with van der Waals surface area (Å²) in [4.78, 5) is 0.00449. The zero-order valence-corrected chi connectivity index (χ0v) is 12.2. The van der Waals surface area contributed by atoms with Crippen LogP contribution in [0.4, 0.5) is 5.82 Å². The SMILES string of the molecule is CC(CCc1ccco1)NS(=O)(=O)c1cn(C)nc1N. The lowest BCUT2D eigenvalue weighted by Gasteiger charge is -2.12. The minimum atomic E-state index is -3.65. The molecule has 0 aromatic carbocycles. The van der Waals surface area contributed by atoms with Gasteiger partial charge in [-0.1, -0.05) is 0 Å². The maximum atomic E-state index is 12.2. The van der Waals surface area contributed by atoms with Crippen molar-refractivity contribution >= 4 is 15.8 Å². The van der Waals surface area contributed by atoms with Gasteiger partial charge in [0.05, 0.1) is 6.26 Å². The predicted octanol–water partition coefficient (Wildman–Crippen LogP) is 0.895. The zero-order chi connectivity index (χ0) is 14.8. The van der Waals surface area contributed by atoms with Crippen molar-refractivity contribution in [2.75, 3.05) is 5.73 Å². The summed E-state index contributed by atoms with van der Waals surface area (Å²) in [6.45, 7) is 1.80. The van der Waals surface area contributed by atoms with Gasteiger partial charge in [0, 0.05) is 25.7 Å². The highest BCUT2D eigenvalue weighted by Crippen LogP contribution is 2.16. The average Bonchev–Trinajstić information content (AvgIpc) is 2.95. The largest absolute Gasteiger partial charge is 0.469 e. The molecule has 110 valence electrons. The molecular formula is C12H18N4O3S. The lowest BCUT2D eigenvalue weighted by Crippen LogP contribution is -2.33. The molecule has 0 aliphatic carbocycles. The van der Waals surface area contributed by atoms with E-state index in [9.17, 15) is 8.42 Å². The number of aryl methyl sites for hydroxylation is 2. The van der Waals surface area contributed by atoms with Crippen molar-refractivity contribution in [2.24, 2.45) is 7.05 Å². The second-order valence-electron chi connectivity index (χ2n) is 4.69. The zero-order valence-electron chi connectivity index (χ0n) is 11.4. The van der Waals surface area contributed by atoms with Gasteiger partial charge in [-0.15, -0.1) is 0 Å². The van der Waals surface area contributed by atoms with E-state index in [4.69, 9.17) is 10.2 Å². The number of nitrogens with two attached hydrogens (primary N) is 1. The summed E-state index contributed by atoms with van der Waals surface area (Å²) >= 11 is 0. The first-order valence-electron chi connectivity index (χ1n) is 6.22. The maximum Gasteiger partial charge on any atom is 0.246 e. The molecule has 2 heterocycles. The first-order chi connectivity index (χ1) is 9.38. The van der Waals surface area contributed by atoms with Crippen LogP contribution in [0.2, 0.25) is 0 Å². The van der Waals surface area contributed by atoms with Crippen LogP contribution in [0, 0.1) is 0 Å². The Hall–Kier alpha value is -1.80. The summed E-state index contributed by atoms with van der Waals surface area (Å²) in [6.07, 6.45) is 4.28. The molecule has 0 spiro atoms. The highest BCUT2D eigenvalue weighted by atomic mass is 32.2. The summed E-state index contributed by atoms with van der Waals surface area (Å²) in [7, 11) is -2.03. The second-order valence-corrected chi connectivity index (χ2v) is 6.38. The molecule has 0 fully saturated rings. The van der Waals surface area contributed by atoms with Crippen molar-refractivity contribution in [1.82, 2.24) is 14.5 Å². The first kappa shape index (κ1) is 14.6. The van der Waals surface area contributed by atoms with Crippen LogP contribution < -0.4 is 10.5 Å². The molecule has 1 atom stereocenters. The molecule has 2 aromatic heterocycles. The summed E-state index contributed by atoms with van der Waals surface area (Å²) in [6, 6.07) is 3.44. The number of rotatable bonds is 6. The summed E-state index contributed by atoms with van der Waals surface area (Å²) in [5, 5.41) is 3.83. The summed E-state index contributed by atoms with van der Waals surface area (Å²) in [5.41, 5.74) is 5.59. The van der Waals surface area contributed by atoms with Crippen LogP contribution >= 0.6 is 0 Å². The highest BCUT2D eigenvalue weighted by molar-refractivity contribution is 7.89. The van der Waals surface area contributed by atoms with Gasteiger partial charge in [-0.05, 0) is 25.5 Å². The molecule has 8 heteroatoms. The molecule has 0 saturated carbocycles. The lowest BCUT2D eigenvalue weighted by atomic mass is 10.2. The van der Waals surface area contributed by atoms with E-state index in [0.717, 1.165) is 5.76 Å². The van der Waals surface area contributed by atoms with Crippen molar-refractivity contribution in [3.05, 3.63) is 30.4 Å². The number of anilines is 1. The van der Waals surface area contributed by atoms with E-state index in [-0.39, 0.29) is 16.8 Å². The number of nitrogens with zero attached hydrogens (tertiary/aromatic N) is 2. The van der Waals surface area contributed by atoms with Gasteiger partial charge in [-0.25, -0.2) is 13.1 Å². The van der Waals surface area contributed by atoms with Gasteiger partial charge in [0.1, 0.15) is 10.7 Å². The number of furan rings is 1. The third-order valence-electron chi connectivity index (χ3n) is 2.87. The number of nitrogens with one attached hydrogen (secondary N) is 1. The van der Waals surface area contributed by atoms with E-state index < -0.39 is 10.0 Å². The Kier molecular flexibility index (Phi) is 4.15. The van der Waals surface area contributed by atoms with Crippen LogP contribution in [-0.2, 0) is 23.5 Å². The van der Waals surface area contributed by atoms with Gasteiger partial charge in [-0.3, -0.25) is 4.68 Å². The lowest BCUT2D eigenvalue weighted by molar-refractivity contribution is 0.480. The molecule has 0 saturated heterocycles. The highest BCUT2D eigenvalue weighted by Gasteiger charge is 2.22. The number of hydrogen-bond acceptors (Lipinski definition) is 5. The van der Waals surface area contributed by atoms with Crippen molar-refractivity contribution in [1.29, 1.82) is 0 Å². The molecule has 2 aromatic rings. The Morgan fingerprint density at radius 3 is 2.85 bits per heavy atom. The van der Waals surface area contributed by atoms with Crippen LogP contribution in [0.5, 0.6) is 0 Å². The van der Waals surface area contributed by atoms with Gasteiger partial charge in [-0.2, -0.15) is 5.10 Å². The smallest absolute Gasteiger partial charge is 0.246 e. The Bertz CT molecular complexity index is 661. The Morgan fingerprint density at radius 1 is 1.55 bits per heavy atom. The van der Waals surface area contributed by atoms with Crippen molar-refractivity contribution in [3.63, 3.8) is 0 Å². The molecule has 1 unspecified atom stereocenters. The third kappa shape index (κ3) is 3.40. The monoisotopic (exact) mass is 298 g/mol. The predicted molar refractivity (Wildman–Crippen MR) is 74.4 cm³/mol. The van der Waals surface area contributed by atoms with E-state index in [0.29, 0.717) is 12.8 Å². The summed E-state index contributed by atoms with van der Waals surface area (Å²) < 4.78 is 33.5. The molecule has 0 bridgehead atoms. The quantitative estimate of drug-likeness (QED) is 0.824. The van der Waals surface area contributed by atoms with Crippen molar-refractivity contribution < 1.29 is 12.8 Å². The molecule has 2 rings (SSSR count). The molecule has 0 radical (unpaired) electrons. The van der Waals surface area contributed by atoms with E-state index in [1.807, 2.05) is 6.07 Å². The third-order valence-corrected chi connectivity index (χ3v) is 4.48. The number of nitrogen functional groups attached to an aromatic ring is 1. The van der Waals surface area contributed by atoms with E-state index in [1.165, 1.54) is 10.9 Å². The summed E-state index contributed by atoms with van der Waals surface area (Å²) in [5.74, 6) is 0.829. The normalized spacial score (nSPS) is 13.5. The van der Waals surface area contributed by atoms with E-state index in [1.54, 1.807) is 26.3 Å². The molecule has 20 heavy (non-hydrogen) atoms. The topological polar surface area (TPSA) is 103 Å². The van der Waals surface area contributed by atoms with Crippen LogP contribution in [0.1, 0.15) is 19.1 Å². The van der Waals surface area contributed by atoms with Crippen LogP contribution in [0.15, 0.2) is 33.9 Å². The number of aromatic nitrogens is 2. The fourth-order valence-electron chi connectivity index (χ4n) is 1.89. The molecule has 0 aliphatic heterocycles. The van der Waals surface area contributed by atoms with Gasteiger partial charge < -0.3 is 10.2 Å². The molecular weight excluding hydrogens is 280 g/mol. The van der Waals surface area contributed by atoms with Gasteiger partial charge in [0.15, 0.2) is 5.82 Å². The average molecular weight is 298 g/mol. The molecule has 0 amide bonds. The molecule has 3 N–H and O–H groups in total. The Balaban J connectivity index is 1.99. The van der Waals surface area contributed by atoms with Gasteiger partial charge in [0.25, 0.3) is 0 Å². The second kappa shape index (κ2) is 5.68. The van der Waals surface area contributed by atoms with E-state index >= 15 is 0 Å². The van der Waals surface area contributed by atoms with Gasteiger partial charge in [0.2, 0.25) is 10.0 Å². The number of hydrogen-bond donors (Lipinski definition) is 2. The Morgan fingerprint density at radius 2 is 2.30 bits per heavy atom. The van der Waals surface area contributed by atoms with Crippen molar-refractivity contribution in [2.45, 2.75) is 30.7 Å². The molecule has 0 aliphatic rings. The van der Waals surface area contributed by atoms with Crippen LogP contribution in [-0.4, -0.2) is 24.2 Å². The first-order valence-corrected chi connectivity index (χ1v) is 7.70. The van der Waals surface area contributed by atoms with E-state index in [2.05, 4.69) is 9.82 Å². The molecule has 7 nitrogen and oxygen atoms in total. The minimum absolute atomic E-state index is 0.00163. The fraction of sp³-hybridized carbons (Fsp3) is 0.417. The standard InChI is InChI=1S/C12H18N4O3S/c1-9(5-6-10-4-3-7-19-10)15-20(17,18)11-8-16(2)14-12(11)13/h3-4,7-9,15H,5-6H2,1-2H3,(H2,13,14). The fourth-order valence-corrected chi connectivity index (χ4v) is 3.27. The number of sulfonamides is 1. The van der Waals surface area contributed by atoms with Crippen LogP contribution in [0.25, 0.3) is 0 Å². The minimum Gasteiger partial charge on any atom is -0.469 e. The Labute approximate surface area is 117 Å². The van der Waals surface area contributed by atoms with Crippen molar-refractivity contribution in [3.8, 4) is 0 Å². The maximum absolute atomic E-state index is 12.2. The van der Waals surface area contributed by atoms with Crippen LogP contribution in [0.3, 0.4) is 0 Å².